The third-order valence-corrected chi connectivity index (χ3v) is 3.40. The van der Waals surface area contributed by atoms with Gasteiger partial charge in [-0.2, -0.15) is 0 Å². The molecule has 0 radical (unpaired) electrons. The fourth-order valence-corrected chi connectivity index (χ4v) is 2.20. The van der Waals surface area contributed by atoms with Crippen molar-refractivity contribution in [3.05, 3.63) is 40.4 Å². The van der Waals surface area contributed by atoms with Crippen molar-refractivity contribution in [3.8, 4) is 10.6 Å². The second-order valence-corrected chi connectivity index (χ2v) is 4.56. The maximum absolute atomic E-state index is 10.9. The number of amides is 1. The zero-order valence-corrected chi connectivity index (χ0v) is 9.97. The molecule has 0 atom stereocenters. The van der Waals surface area contributed by atoms with Gasteiger partial charge in [0.1, 0.15) is 10.7 Å². The van der Waals surface area contributed by atoms with Gasteiger partial charge < -0.3 is 5.73 Å². The summed E-state index contributed by atoms with van der Waals surface area (Å²) in [5.41, 5.74) is 8.99. The van der Waals surface area contributed by atoms with E-state index >= 15 is 0 Å². The van der Waals surface area contributed by atoms with Crippen LogP contribution in [0.1, 0.15) is 21.6 Å². The van der Waals surface area contributed by atoms with Crippen molar-refractivity contribution >= 4 is 17.2 Å². The number of rotatable bonds is 2. The monoisotopic (exact) mass is 232 g/mol. The van der Waals surface area contributed by atoms with Crippen LogP contribution in [0.4, 0.5) is 0 Å². The number of aromatic nitrogens is 1. The summed E-state index contributed by atoms with van der Waals surface area (Å²) < 4.78 is 0. The van der Waals surface area contributed by atoms with Gasteiger partial charge in [0.25, 0.3) is 5.91 Å². The Kier molecular flexibility index (Phi) is 2.75. The molecule has 0 aliphatic heterocycles. The second-order valence-electron chi connectivity index (χ2n) is 3.70. The van der Waals surface area contributed by atoms with Crippen molar-refractivity contribution < 1.29 is 4.79 Å². The van der Waals surface area contributed by atoms with Crippen LogP contribution in [0.25, 0.3) is 10.6 Å². The molecule has 16 heavy (non-hydrogen) atoms. The topological polar surface area (TPSA) is 56.0 Å². The Balaban J connectivity index is 2.42. The molecule has 0 bridgehead atoms. The fourth-order valence-electron chi connectivity index (χ4n) is 1.39. The van der Waals surface area contributed by atoms with Crippen LogP contribution in [-0.2, 0) is 0 Å². The molecular formula is C12H12N2OS. The predicted molar refractivity (Wildman–Crippen MR) is 65.5 cm³/mol. The number of hydrogen-bond donors (Lipinski definition) is 1. The summed E-state index contributed by atoms with van der Waals surface area (Å²) in [7, 11) is 0. The average molecular weight is 232 g/mol. The molecule has 0 saturated heterocycles. The minimum Gasteiger partial charge on any atom is -0.364 e. The summed E-state index contributed by atoms with van der Waals surface area (Å²) in [5.74, 6) is -0.480. The highest BCUT2D eigenvalue weighted by atomic mass is 32.1. The molecule has 1 heterocycles. The molecule has 0 spiro atoms. The van der Waals surface area contributed by atoms with Crippen LogP contribution in [0.5, 0.6) is 0 Å². The quantitative estimate of drug-likeness (QED) is 0.865. The predicted octanol–water partition coefficient (Wildman–Crippen LogP) is 2.53. The van der Waals surface area contributed by atoms with Gasteiger partial charge in [0, 0.05) is 10.9 Å². The maximum atomic E-state index is 10.9. The molecule has 0 aliphatic rings. The summed E-state index contributed by atoms with van der Waals surface area (Å²) >= 11 is 1.43. The van der Waals surface area contributed by atoms with E-state index in [0.29, 0.717) is 5.69 Å². The van der Waals surface area contributed by atoms with Crippen LogP contribution in [-0.4, -0.2) is 10.9 Å². The van der Waals surface area contributed by atoms with Gasteiger partial charge in [-0.05, 0) is 31.0 Å². The van der Waals surface area contributed by atoms with E-state index in [2.05, 4.69) is 31.0 Å². The smallest absolute Gasteiger partial charge is 0.268 e. The molecule has 82 valence electrons. The van der Waals surface area contributed by atoms with Gasteiger partial charge in [0.2, 0.25) is 0 Å². The number of benzene rings is 1. The number of carbonyl (C=O) groups is 1. The van der Waals surface area contributed by atoms with Crippen molar-refractivity contribution in [1.29, 1.82) is 0 Å². The van der Waals surface area contributed by atoms with Crippen molar-refractivity contribution in [1.82, 2.24) is 4.98 Å². The molecule has 3 nitrogen and oxygen atoms in total. The summed E-state index contributed by atoms with van der Waals surface area (Å²) in [6.07, 6.45) is 0. The van der Waals surface area contributed by atoms with Gasteiger partial charge in [-0.1, -0.05) is 12.1 Å². The van der Waals surface area contributed by atoms with Crippen molar-refractivity contribution in [2.45, 2.75) is 13.8 Å². The number of aryl methyl sites for hydroxylation is 2. The molecule has 2 aromatic rings. The third-order valence-electron chi connectivity index (χ3n) is 2.51. The molecule has 0 unspecified atom stereocenters. The fraction of sp³-hybridized carbons (Fsp3) is 0.167. The van der Waals surface area contributed by atoms with Gasteiger partial charge in [0.05, 0.1) is 0 Å². The largest absolute Gasteiger partial charge is 0.364 e. The minimum atomic E-state index is -0.480. The van der Waals surface area contributed by atoms with E-state index in [9.17, 15) is 4.79 Å². The van der Waals surface area contributed by atoms with Gasteiger partial charge in [0.15, 0.2) is 0 Å². The number of carbonyl (C=O) groups excluding carboxylic acids is 1. The summed E-state index contributed by atoms with van der Waals surface area (Å²) in [6, 6.07) is 6.13. The zero-order valence-electron chi connectivity index (χ0n) is 9.15. The highest BCUT2D eigenvalue weighted by Gasteiger charge is 2.08. The Morgan fingerprint density at radius 2 is 2.06 bits per heavy atom. The van der Waals surface area contributed by atoms with E-state index in [1.807, 2.05) is 6.07 Å². The lowest BCUT2D eigenvalue weighted by atomic mass is 10.1. The molecule has 2 N–H and O–H groups in total. The Bertz CT molecular complexity index is 546. The van der Waals surface area contributed by atoms with Crippen molar-refractivity contribution in [2.24, 2.45) is 5.73 Å². The van der Waals surface area contributed by atoms with Crippen molar-refractivity contribution in [2.75, 3.05) is 0 Å². The van der Waals surface area contributed by atoms with Gasteiger partial charge in [-0.3, -0.25) is 4.79 Å². The number of hydrogen-bond acceptors (Lipinski definition) is 3. The normalized spacial score (nSPS) is 10.4. The number of thiazole rings is 1. The second kappa shape index (κ2) is 4.06. The van der Waals surface area contributed by atoms with Crippen LogP contribution in [0.3, 0.4) is 0 Å². The average Bonchev–Trinajstić information content (AvgIpc) is 2.71. The zero-order chi connectivity index (χ0) is 11.7. The summed E-state index contributed by atoms with van der Waals surface area (Å²) in [5, 5.41) is 2.52. The lowest BCUT2D eigenvalue weighted by Crippen LogP contribution is -2.10. The molecule has 0 saturated carbocycles. The minimum absolute atomic E-state index is 0.332. The Morgan fingerprint density at radius 1 is 1.31 bits per heavy atom. The molecule has 0 aliphatic carbocycles. The number of nitrogens with two attached hydrogens (primary N) is 1. The first kappa shape index (κ1) is 10.8. The molecule has 1 aromatic carbocycles. The Labute approximate surface area is 97.9 Å². The highest BCUT2D eigenvalue weighted by Crippen LogP contribution is 2.25. The van der Waals surface area contributed by atoms with Gasteiger partial charge >= 0.3 is 0 Å². The molecule has 1 aromatic heterocycles. The molecule has 0 fully saturated rings. The lowest BCUT2D eigenvalue weighted by Gasteiger charge is -2.01. The lowest BCUT2D eigenvalue weighted by molar-refractivity contribution is 0.0996. The van der Waals surface area contributed by atoms with Crippen molar-refractivity contribution in [3.63, 3.8) is 0 Å². The summed E-state index contributed by atoms with van der Waals surface area (Å²) in [6.45, 7) is 4.12. The van der Waals surface area contributed by atoms with E-state index < -0.39 is 5.91 Å². The first-order chi connectivity index (χ1) is 7.58. The number of primary amides is 1. The third kappa shape index (κ3) is 1.97. The Morgan fingerprint density at radius 3 is 2.62 bits per heavy atom. The first-order valence-corrected chi connectivity index (χ1v) is 5.79. The molecule has 1 amide bonds. The summed E-state index contributed by atoms with van der Waals surface area (Å²) in [4.78, 5) is 15.1. The molecule has 4 heteroatoms. The first-order valence-electron chi connectivity index (χ1n) is 4.91. The van der Waals surface area contributed by atoms with E-state index in [-0.39, 0.29) is 0 Å². The Hall–Kier alpha value is -1.68. The van der Waals surface area contributed by atoms with Gasteiger partial charge in [-0.15, -0.1) is 11.3 Å². The van der Waals surface area contributed by atoms with Crippen LogP contribution in [0.15, 0.2) is 23.6 Å². The highest BCUT2D eigenvalue weighted by molar-refractivity contribution is 7.13. The van der Waals surface area contributed by atoms with Crippen LogP contribution in [0.2, 0.25) is 0 Å². The van der Waals surface area contributed by atoms with Crippen LogP contribution in [0, 0.1) is 13.8 Å². The van der Waals surface area contributed by atoms with E-state index in [1.165, 1.54) is 22.5 Å². The van der Waals surface area contributed by atoms with Gasteiger partial charge in [-0.25, -0.2) is 4.98 Å². The SMILES string of the molecule is Cc1ccc(-c2nc(C(N)=O)cs2)cc1C. The van der Waals surface area contributed by atoms with E-state index in [1.54, 1.807) is 5.38 Å². The maximum Gasteiger partial charge on any atom is 0.268 e. The van der Waals surface area contributed by atoms with Crippen LogP contribution >= 0.6 is 11.3 Å². The number of nitrogens with zero attached hydrogens (tertiary/aromatic N) is 1. The standard InChI is InChI=1S/C12H12N2OS/c1-7-3-4-9(5-8(7)2)12-14-10(6-16-12)11(13)15/h3-6H,1-2H3,(H2,13,15). The van der Waals surface area contributed by atoms with Crippen LogP contribution < -0.4 is 5.73 Å². The van der Waals surface area contributed by atoms with E-state index in [4.69, 9.17) is 5.73 Å². The molecule has 2 rings (SSSR count). The van der Waals surface area contributed by atoms with E-state index in [0.717, 1.165) is 10.6 Å². The molecular weight excluding hydrogens is 220 g/mol.